The van der Waals surface area contributed by atoms with Crippen LogP contribution in [0, 0.1) is 0 Å². The van der Waals surface area contributed by atoms with Crippen molar-refractivity contribution in [3.63, 3.8) is 0 Å². The fourth-order valence-electron chi connectivity index (χ4n) is 3.35. The second kappa shape index (κ2) is 5.41. The monoisotopic (exact) mass is 259 g/mol. The first-order valence-electron chi connectivity index (χ1n) is 7.52. The molecule has 3 heteroatoms. The molecule has 1 aromatic carbocycles. The highest BCUT2D eigenvalue weighted by Crippen LogP contribution is 2.28. The highest BCUT2D eigenvalue weighted by molar-refractivity contribution is 5.61. The van der Waals surface area contributed by atoms with Gasteiger partial charge < -0.3 is 15.1 Å². The first-order valence-corrected chi connectivity index (χ1v) is 7.52. The lowest BCUT2D eigenvalue weighted by atomic mass is 10.0. The molecule has 1 saturated heterocycles. The summed E-state index contributed by atoms with van der Waals surface area (Å²) in [6.07, 6.45) is 5.11. The van der Waals surface area contributed by atoms with Gasteiger partial charge in [-0.3, -0.25) is 0 Å². The Morgan fingerprint density at radius 1 is 1.32 bits per heavy atom. The van der Waals surface area contributed by atoms with Crippen LogP contribution in [0.2, 0.25) is 0 Å². The number of piperidine rings is 1. The number of nitrogens with one attached hydrogen (secondary N) is 1. The van der Waals surface area contributed by atoms with Gasteiger partial charge in [0.15, 0.2) is 0 Å². The molecule has 1 atom stereocenters. The molecular weight excluding hydrogens is 234 g/mol. The van der Waals surface area contributed by atoms with Crippen LogP contribution in [-0.2, 0) is 6.42 Å². The van der Waals surface area contributed by atoms with E-state index in [-0.39, 0.29) is 0 Å². The average molecular weight is 259 g/mol. The summed E-state index contributed by atoms with van der Waals surface area (Å²) in [5, 5.41) is 3.49. The number of hydrogen-bond donors (Lipinski definition) is 1. The Bertz CT molecular complexity index is 444. The SMILES string of the molecule is CN1CCCC(N(C)c2ccc3c(c2)CCCN3)C1. The first kappa shape index (κ1) is 12.8. The highest BCUT2D eigenvalue weighted by atomic mass is 15.2. The Labute approximate surface area is 116 Å². The number of benzene rings is 1. The second-order valence-electron chi connectivity index (χ2n) is 6.04. The standard InChI is InChI=1S/C16H25N3/c1-18-10-4-6-15(12-18)19(2)14-7-8-16-13(11-14)5-3-9-17-16/h7-8,11,15,17H,3-6,9-10,12H2,1-2H3. The molecule has 1 unspecified atom stereocenters. The van der Waals surface area contributed by atoms with Gasteiger partial charge in [-0.05, 0) is 63.0 Å². The molecule has 0 spiro atoms. The maximum absolute atomic E-state index is 3.49. The van der Waals surface area contributed by atoms with Crippen LogP contribution < -0.4 is 10.2 Å². The largest absolute Gasteiger partial charge is 0.385 e. The van der Waals surface area contributed by atoms with Crippen LogP contribution in [0.4, 0.5) is 11.4 Å². The maximum atomic E-state index is 3.49. The van der Waals surface area contributed by atoms with E-state index in [1.165, 1.54) is 55.7 Å². The smallest absolute Gasteiger partial charge is 0.0414 e. The normalized spacial score (nSPS) is 23.6. The van der Waals surface area contributed by atoms with Crippen molar-refractivity contribution < 1.29 is 0 Å². The molecule has 1 aromatic rings. The summed E-state index contributed by atoms with van der Waals surface area (Å²) in [4.78, 5) is 4.93. The zero-order valence-electron chi connectivity index (χ0n) is 12.2. The summed E-state index contributed by atoms with van der Waals surface area (Å²) in [6.45, 7) is 3.56. The van der Waals surface area contributed by atoms with Gasteiger partial charge in [-0.1, -0.05) is 0 Å². The van der Waals surface area contributed by atoms with E-state index in [9.17, 15) is 0 Å². The third-order valence-corrected chi connectivity index (χ3v) is 4.58. The number of anilines is 2. The molecule has 0 bridgehead atoms. The van der Waals surface area contributed by atoms with Gasteiger partial charge in [0, 0.05) is 37.6 Å². The van der Waals surface area contributed by atoms with E-state index in [1.54, 1.807) is 0 Å². The van der Waals surface area contributed by atoms with Crippen molar-refractivity contribution in [2.45, 2.75) is 31.7 Å². The van der Waals surface area contributed by atoms with E-state index in [1.807, 2.05) is 0 Å². The van der Waals surface area contributed by atoms with Crippen LogP contribution in [0.15, 0.2) is 18.2 Å². The molecule has 1 N–H and O–H groups in total. The molecule has 2 aliphatic rings. The molecule has 1 fully saturated rings. The van der Waals surface area contributed by atoms with Crippen molar-refractivity contribution in [3.05, 3.63) is 23.8 Å². The van der Waals surface area contributed by atoms with E-state index >= 15 is 0 Å². The van der Waals surface area contributed by atoms with Crippen molar-refractivity contribution in [2.24, 2.45) is 0 Å². The molecule has 0 aliphatic carbocycles. The molecular formula is C16H25N3. The number of nitrogens with zero attached hydrogens (tertiary/aromatic N) is 2. The molecule has 3 rings (SSSR count). The van der Waals surface area contributed by atoms with E-state index in [0.29, 0.717) is 6.04 Å². The topological polar surface area (TPSA) is 18.5 Å². The summed E-state index contributed by atoms with van der Waals surface area (Å²) in [7, 11) is 4.48. The van der Waals surface area contributed by atoms with Crippen molar-refractivity contribution in [3.8, 4) is 0 Å². The third kappa shape index (κ3) is 2.71. The Balaban J connectivity index is 1.77. The van der Waals surface area contributed by atoms with Gasteiger partial charge in [0.2, 0.25) is 0 Å². The van der Waals surface area contributed by atoms with Gasteiger partial charge in [0.25, 0.3) is 0 Å². The molecule has 0 aromatic heterocycles. The van der Waals surface area contributed by atoms with Gasteiger partial charge in [0.1, 0.15) is 0 Å². The lowest BCUT2D eigenvalue weighted by Gasteiger charge is -2.37. The van der Waals surface area contributed by atoms with Gasteiger partial charge in [-0.2, -0.15) is 0 Å². The predicted molar refractivity (Wildman–Crippen MR) is 82.2 cm³/mol. The van der Waals surface area contributed by atoms with Crippen LogP contribution in [0.25, 0.3) is 0 Å². The zero-order valence-corrected chi connectivity index (χ0v) is 12.2. The number of hydrogen-bond acceptors (Lipinski definition) is 3. The number of likely N-dealkylation sites (N-methyl/N-ethyl adjacent to an activating group) is 2. The Morgan fingerprint density at radius 2 is 2.21 bits per heavy atom. The number of aryl methyl sites for hydroxylation is 1. The number of fused-ring (bicyclic) bond motifs is 1. The predicted octanol–water partition coefficient (Wildman–Crippen LogP) is 2.58. The summed E-state index contributed by atoms with van der Waals surface area (Å²) in [5.74, 6) is 0. The van der Waals surface area contributed by atoms with E-state index < -0.39 is 0 Å². The van der Waals surface area contributed by atoms with Gasteiger partial charge in [0.05, 0.1) is 0 Å². The van der Waals surface area contributed by atoms with Crippen LogP contribution in [0.5, 0.6) is 0 Å². The van der Waals surface area contributed by atoms with E-state index in [2.05, 4.69) is 47.4 Å². The number of likely N-dealkylation sites (tertiary alicyclic amines) is 1. The third-order valence-electron chi connectivity index (χ3n) is 4.58. The van der Waals surface area contributed by atoms with Gasteiger partial charge in [-0.15, -0.1) is 0 Å². The number of rotatable bonds is 2. The highest BCUT2D eigenvalue weighted by Gasteiger charge is 2.22. The minimum atomic E-state index is 0.661. The van der Waals surface area contributed by atoms with E-state index in [4.69, 9.17) is 0 Å². The molecule has 2 aliphatic heterocycles. The summed E-state index contributed by atoms with van der Waals surface area (Å²) in [5.41, 5.74) is 4.20. The molecule has 3 nitrogen and oxygen atoms in total. The quantitative estimate of drug-likeness (QED) is 0.880. The van der Waals surface area contributed by atoms with Gasteiger partial charge >= 0.3 is 0 Å². The Morgan fingerprint density at radius 3 is 3.05 bits per heavy atom. The van der Waals surface area contributed by atoms with Crippen LogP contribution in [0.1, 0.15) is 24.8 Å². The van der Waals surface area contributed by atoms with E-state index in [0.717, 1.165) is 6.54 Å². The van der Waals surface area contributed by atoms with Crippen LogP contribution in [0.3, 0.4) is 0 Å². The lowest BCUT2D eigenvalue weighted by molar-refractivity contribution is 0.248. The molecule has 0 radical (unpaired) electrons. The molecule has 2 heterocycles. The fourth-order valence-corrected chi connectivity index (χ4v) is 3.35. The minimum Gasteiger partial charge on any atom is -0.385 e. The van der Waals surface area contributed by atoms with Gasteiger partial charge in [-0.25, -0.2) is 0 Å². The zero-order chi connectivity index (χ0) is 13.2. The van der Waals surface area contributed by atoms with Crippen molar-refractivity contribution in [2.75, 3.05) is 43.9 Å². The average Bonchev–Trinajstić information content (AvgIpc) is 2.46. The second-order valence-corrected chi connectivity index (χ2v) is 6.04. The molecule has 0 amide bonds. The minimum absolute atomic E-state index is 0.661. The summed E-state index contributed by atoms with van der Waals surface area (Å²) >= 11 is 0. The van der Waals surface area contributed by atoms with Crippen molar-refractivity contribution in [1.82, 2.24) is 4.90 Å². The molecule has 0 saturated carbocycles. The van der Waals surface area contributed by atoms with Crippen molar-refractivity contribution in [1.29, 1.82) is 0 Å². The summed E-state index contributed by atoms with van der Waals surface area (Å²) < 4.78 is 0. The Kier molecular flexibility index (Phi) is 3.65. The Hall–Kier alpha value is -1.22. The van der Waals surface area contributed by atoms with Crippen LogP contribution >= 0.6 is 0 Å². The molecule has 104 valence electrons. The fraction of sp³-hybridized carbons (Fsp3) is 0.625. The maximum Gasteiger partial charge on any atom is 0.0414 e. The summed E-state index contributed by atoms with van der Waals surface area (Å²) in [6, 6.07) is 7.57. The molecule has 19 heavy (non-hydrogen) atoms. The van der Waals surface area contributed by atoms with Crippen molar-refractivity contribution >= 4 is 11.4 Å². The first-order chi connectivity index (χ1) is 9.24. The lowest BCUT2D eigenvalue weighted by Crippen LogP contribution is -2.45. The van der Waals surface area contributed by atoms with Crippen LogP contribution in [-0.4, -0.2) is 44.7 Å².